The number of hydrogen-bond donors (Lipinski definition) is 1. The molecule has 1 aromatic carbocycles. The lowest BCUT2D eigenvalue weighted by Gasteiger charge is -2.23. The van der Waals surface area contributed by atoms with Crippen molar-refractivity contribution in [2.24, 2.45) is 5.73 Å². The lowest BCUT2D eigenvalue weighted by Crippen LogP contribution is -2.37. The van der Waals surface area contributed by atoms with Gasteiger partial charge in [0.1, 0.15) is 5.75 Å². The summed E-state index contributed by atoms with van der Waals surface area (Å²) >= 11 is 11.7. The maximum Gasteiger partial charge on any atom is 0.120 e. The molecular formula is C13H17Cl2NO. The van der Waals surface area contributed by atoms with Gasteiger partial charge in [0.05, 0.1) is 16.7 Å². The Morgan fingerprint density at radius 1 is 1.18 bits per heavy atom. The molecule has 2 nitrogen and oxygen atoms in total. The van der Waals surface area contributed by atoms with Crippen molar-refractivity contribution in [3.8, 4) is 5.75 Å². The molecule has 0 radical (unpaired) electrons. The van der Waals surface area contributed by atoms with Gasteiger partial charge in [0.15, 0.2) is 0 Å². The van der Waals surface area contributed by atoms with Crippen LogP contribution in [0.15, 0.2) is 18.2 Å². The van der Waals surface area contributed by atoms with Crippen molar-refractivity contribution >= 4 is 23.2 Å². The number of rotatable bonds is 4. The first-order valence-corrected chi connectivity index (χ1v) is 6.71. The van der Waals surface area contributed by atoms with Gasteiger partial charge in [-0.3, -0.25) is 0 Å². The summed E-state index contributed by atoms with van der Waals surface area (Å²) in [5.74, 6) is 0.751. The molecule has 1 aliphatic rings. The Balaban J connectivity index is 1.83. The van der Waals surface area contributed by atoms with Crippen molar-refractivity contribution in [2.45, 2.75) is 37.6 Å². The number of benzene rings is 1. The van der Waals surface area contributed by atoms with Crippen molar-refractivity contribution in [1.29, 1.82) is 0 Å². The zero-order valence-electron chi connectivity index (χ0n) is 9.72. The Labute approximate surface area is 112 Å². The highest BCUT2D eigenvalue weighted by Gasteiger charge is 2.28. The molecule has 0 bridgehead atoms. The normalized spacial score (nSPS) is 18.3. The molecule has 0 unspecified atom stereocenters. The fraction of sp³-hybridized carbons (Fsp3) is 0.538. The van der Waals surface area contributed by atoms with E-state index in [1.807, 2.05) is 6.07 Å². The van der Waals surface area contributed by atoms with Gasteiger partial charge >= 0.3 is 0 Å². The third kappa shape index (κ3) is 3.51. The molecule has 2 rings (SSSR count). The average Bonchev–Trinajstić information content (AvgIpc) is 2.71. The van der Waals surface area contributed by atoms with Crippen LogP contribution in [0, 0.1) is 0 Å². The van der Waals surface area contributed by atoms with Crippen LogP contribution in [0.3, 0.4) is 0 Å². The van der Waals surface area contributed by atoms with Gasteiger partial charge in [-0.05, 0) is 31.4 Å². The van der Waals surface area contributed by atoms with E-state index in [0.717, 1.165) is 25.0 Å². The number of hydrogen-bond acceptors (Lipinski definition) is 2. The van der Waals surface area contributed by atoms with Crippen LogP contribution in [0.1, 0.15) is 32.1 Å². The van der Waals surface area contributed by atoms with E-state index in [1.54, 1.807) is 12.1 Å². The first-order valence-electron chi connectivity index (χ1n) is 5.96. The summed E-state index contributed by atoms with van der Waals surface area (Å²) in [5.41, 5.74) is 6.23. The Morgan fingerprint density at radius 3 is 2.53 bits per heavy atom. The number of nitrogens with two attached hydrogens (primary N) is 1. The second-order valence-corrected chi connectivity index (χ2v) is 5.56. The van der Waals surface area contributed by atoms with Gasteiger partial charge in [-0.25, -0.2) is 0 Å². The molecule has 0 amide bonds. The van der Waals surface area contributed by atoms with Crippen LogP contribution in [-0.2, 0) is 0 Å². The third-order valence-electron chi connectivity index (χ3n) is 3.36. The van der Waals surface area contributed by atoms with Crippen LogP contribution in [0.25, 0.3) is 0 Å². The highest BCUT2D eigenvalue weighted by molar-refractivity contribution is 6.42. The van der Waals surface area contributed by atoms with Gasteiger partial charge in [-0.15, -0.1) is 0 Å². The van der Waals surface area contributed by atoms with Crippen LogP contribution < -0.4 is 10.5 Å². The van der Waals surface area contributed by atoms with Crippen molar-refractivity contribution in [2.75, 3.05) is 6.61 Å². The Bertz CT molecular complexity index is 389. The van der Waals surface area contributed by atoms with E-state index < -0.39 is 0 Å². The van der Waals surface area contributed by atoms with Crippen LogP contribution >= 0.6 is 23.2 Å². The molecule has 4 heteroatoms. The van der Waals surface area contributed by atoms with Gasteiger partial charge in [0.25, 0.3) is 0 Å². The molecular weight excluding hydrogens is 257 g/mol. The minimum absolute atomic E-state index is 0.0176. The highest BCUT2D eigenvalue weighted by atomic mass is 35.5. The predicted octanol–water partition coefficient (Wildman–Crippen LogP) is 4.03. The highest BCUT2D eigenvalue weighted by Crippen LogP contribution is 2.31. The van der Waals surface area contributed by atoms with E-state index in [1.165, 1.54) is 12.8 Å². The quantitative estimate of drug-likeness (QED) is 0.899. The predicted molar refractivity (Wildman–Crippen MR) is 72.0 cm³/mol. The van der Waals surface area contributed by atoms with Crippen LogP contribution in [0.2, 0.25) is 10.0 Å². The Kier molecular flexibility index (Phi) is 4.18. The van der Waals surface area contributed by atoms with Crippen LogP contribution in [0.4, 0.5) is 0 Å². The van der Waals surface area contributed by atoms with Gasteiger partial charge in [-0.1, -0.05) is 36.0 Å². The summed E-state index contributed by atoms with van der Waals surface area (Å²) in [6.07, 6.45) is 5.59. The standard InChI is InChI=1S/C13H17Cl2NO/c14-11-4-3-10(9-12(11)15)17-8-7-13(16)5-1-2-6-13/h3-4,9H,1-2,5-8,16H2. The lowest BCUT2D eigenvalue weighted by molar-refractivity contribution is 0.258. The first-order chi connectivity index (χ1) is 8.09. The van der Waals surface area contributed by atoms with Gasteiger partial charge < -0.3 is 10.5 Å². The fourth-order valence-corrected chi connectivity index (χ4v) is 2.56. The van der Waals surface area contributed by atoms with E-state index >= 15 is 0 Å². The SMILES string of the molecule is NC1(CCOc2ccc(Cl)c(Cl)c2)CCCC1. The third-order valence-corrected chi connectivity index (χ3v) is 4.10. The van der Waals surface area contributed by atoms with E-state index in [-0.39, 0.29) is 5.54 Å². The molecule has 1 fully saturated rings. The van der Waals surface area contributed by atoms with E-state index in [0.29, 0.717) is 16.7 Å². The summed E-state index contributed by atoms with van der Waals surface area (Å²) in [7, 11) is 0. The van der Waals surface area contributed by atoms with Gasteiger partial charge in [0, 0.05) is 11.6 Å². The molecule has 0 heterocycles. The zero-order valence-corrected chi connectivity index (χ0v) is 11.2. The summed E-state index contributed by atoms with van der Waals surface area (Å²) in [6, 6.07) is 5.31. The lowest BCUT2D eigenvalue weighted by atomic mass is 9.95. The summed E-state index contributed by atoms with van der Waals surface area (Å²) < 4.78 is 5.65. The van der Waals surface area contributed by atoms with E-state index in [4.69, 9.17) is 33.7 Å². The van der Waals surface area contributed by atoms with Gasteiger partial charge in [-0.2, -0.15) is 0 Å². The zero-order chi connectivity index (χ0) is 12.3. The summed E-state index contributed by atoms with van der Waals surface area (Å²) in [6.45, 7) is 0.633. The van der Waals surface area contributed by atoms with E-state index in [2.05, 4.69) is 0 Å². The average molecular weight is 274 g/mol. The minimum atomic E-state index is -0.0176. The Morgan fingerprint density at radius 2 is 1.88 bits per heavy atom. The second-order valence-electron chi connectivity index (χ2n) is 4.74. The van der Waals surface area contributed by atoms with Crippen molar-refractivity contribution < 1.29 is 4.74 Å². The maximum absolute atomic E-state index is 6.25. The topological polar surface area (TPSA) is 35.2 Å². The molecule has 94 valence electrons. The molecule has 0 aliphatic heterocycles. The van der Waals surface area contributed by atoms with Crippen molar-refractivity contribution in [3.05, 3.63) is 28.2 Å². The monoisotopic (exact) mass is 273 g/mol. The second kappa shape index (κ2) is 5.47. The fourth-order valence-electron chi connectivity index (χ4n) is 2.27. The molecule has 1 aliphatic carbocycles. The molecule has 1 aromatic rings. The van der Waals surface area contributed by atoms with E-state index in [9.17, 15) is 0 Å². The van der Waals surface area contributed by atoms with Gasteiger partial charge in [0.2, 0.25) is 0 Å². The minimum Gasteiger partial charge on any atom is -0.493 e. The molecule has 1 saturated carbocycles. The molecule has 17 heavy (non-hydrogen) atoms. The molecule has 0 aromatic heterocycles. The summed E-state index contributed by atoms with van der Waals surface area (Å²) in [5, 5.41) is 1.07. The molecule has 0 atom stereocenters. The van der Waals surface area contributed by atoms with Crippen LogP contribution in [0.5, 0.6) is 5.75 Å². The van der Waals surface area contributed by atoms with Crippen molar-refractivity contribution in [3.63, 3.8) is 0 Å². The molecule has 2 N–H and O–H groups in total. The number of halogens is 2. The van der Waals surface area contributed by atoms with Crippen LogP contribution in [-0.4, -0.2) is 12.1 Å². The first kappa shape index (κ1) is 13.0. The molecule has 0 spiro atoms. The smallest absolute Gasteiger partial charge is 0.120 e. The molecule has 0 saturated heterocycles. The van der Waals surface area contributed by atoms with Crippen molar-refractivity contribution in [1.82, 2.24) is 0 Å². The summed E-state index contributed by atoms with van der Waals surface area (Å²) in [4.78, 5) is 0. The maximum atomic E-state index is 6.25. The Hall–Kier alpha value is -0.440. The number of ether oxygens (including phenoxy) is 1. The largest absolute Gasteiger partial charge is 0.493 e.